The van der Waals surface area contributed by atoms with Crippen LogP contribution >= 0.6 is 0 Å². The van der Waals surface area contributed by atoms with Crippen molar-refractivity contribution in [2.24, 2.45) is 0 Å². The highest BCUT2D eigenvalue weighted by molar-refractivity contribution is 5.59. The Morgan fingerprint density at radius 2 is 1.90 bits per heavy atom. The molecule has 0 radical (unpaired) electrons. The second-order valence-electron chi connectivity index (χ2n) is 4.04. The SMILES string of the molecule is Nc1c(NCc2ccc(C(F)(F)F)cc2)nc[nH]c1=O. The number of hydrogen-bond donors (Lipinski definition) is 3. The molecule has 0 saturated carbocycles. The molecule has 0 aliphatic rings. The number of aromatic nitrogens is 2. The highest BCUT2D eigenvalue weighted by Crippen LogP contribution is 2.29. The largest absolute Gasteiger partial charge is 0.416 e. The van der Waals surface area contributed by atoms with Crippen molar-refractivity contribution >= 4 is 11.5 Å². The fraction of sp³-hybridized carbons (Fsp3) is 0.167. The van der Waals surface area contributed by atoms with Crippen LogP contribution in [0.4, 0.5) is 24.7 Å². The van der Waals surface area contributed by atoms with Crippen LogP contribution in [0, 0.1) is 0 Å². The molecule has 0 unspecified atom stereocenters. The van der Waals surface area contributed by atoms with Crippen LogP contribution in [0.25, 0.3) is 0 Å². The molecule has 0 spiro atoms. The van der Waals surface area contributed by atoms with Crippen molar-refractivity contribution in [3.05, 3.63) is 52.1 Å². The Morgan fingerprint density at radius 1 is 1.25 bits per heavy atom. The van der Waals surface area contributed by atoms with E-state index in [4.69, 9.17) is 5.73 Å². The van der Waals surface area contributed by atoms with E-state index in [0.717, 1.165) is 12.1 Å². The Labute approximate surface area is 111 Å². The fourth-order valence-electron chi connectivity index (χ4n) is 1.55. The lowest BCUT2D eigenvalue weighted by atomic mass is 10.1. The first-order chi connectivity index (χ1) is 9.38. The maximum Gasteiger partial charge on any atom is 0.416 e. The number of anilines is 2. The Bertz CT molecular complexity index is 649. The van der Waals surface area contributed by atoms with Gasteiger partial charge in [-0.3, -0.25) is 4.79 Å². The third kappa shape index (κ3) is 3.08. The summed E-state index contributed by atoms with van der Waals surface area (Å²) in [7, 11) is 0. The zero-order valence-electron chi connectivity index (χ0n) is 10.2. The Hall–Kier alpha value is -2.51. The van der Waals surface area contributed by atoms with Crippen LogP contribution in [0.5, 0.6) is 0 Å². The van der Waals surface area contributed by atoms with E-state index in [-0.39, 0.29) is 18.1 Å². The first kappa shape index (κ1) is 13.9. The van der Waals surface area contributed by atoms with E-state index in [2.05, 4.69) is 15.3 Å². The first-order valence-corrected chi connectivity index (χ1v) is 5.61. The number of aromatic amines is 1. The molecule has 2 aromatic rings. The van der Waals surface area contributed by atoms with Crippen molar-refractivity contribution in [2.75, 3.05) is 11.1 Å². The van der Waals surface area contributed by atoms with E-state index >= 15 is 0 Å². The number of benzene rings is 1. The number of alkyl halides is 3. The van der Waals surface area contributed by atoms with Gasteiger partial charge in [0.15, 0.2) is 5.82 Å². The molecule has 0 bridgehead atoms. The highest BCUT2D eigenvalue weighted by Gasteiger charge is 2.29. The molecular weight excluding hydrogens is 273 g/mol. The number of hydrogen-bond acceptors (Lipinski definition) is 4. The third-order valence-corrected chi connectivity index (χ3v) is 2.63. The first-order valence-electron chi connectivity index (χ1n) is 5.61. The molecule has 0 fully saturated rings. The number of halogens is 3. The normalized spacial score (nSPS) is 11.3. The molecule has 20 heavy (non-hydrogen) atoms. The van der Waals surface area contributed by atoms with Crippen LogP contribution in [0.3, 0.4) is 0 Å². The minimum atomic E-state index is -4.36. The van der Waals surface area contributed by atoms with Crippen LogP contribution in [-0.4, -0.2) is 9.97 Å². The minimum Gasteiger partial charge on any atom is -0.391 e. The van der Waals surface area contributed by atoms with Crippen LogP contribution in [-0.2, 0) is 12.7 Å². The molecule has 0 aliphatic heterocycles. The van der Waals surface area contributed by atoms with Gasteiger partial charge in [0.25, 0.3) is 5.56 Å². The summed E-state index contributed by atoms with van der Waals surface area (Å²) >= 11 is 0. The Morgan fingerprint density at radius 3 is 2.50 bits per heavy atom. The summed E-state index contributed by atoms with van der Waals surface area (Å²) in [5, 5.41) is 2.79. The molecule has 1 aromatic carbocycles. The second kappa shape index (κ2) is 5.24. The number of H-pyrrole nitrogens is 1. The van der Waals surface area contributed by atoms with Crippen molar-refractivity contribution < 1.29 is 13.2 Å². The summed E-state index contributed by atoms with van der Waals surface area (Å²) in [6.07, 6.45) is -3.17. The topological polar surface area (TPSA) is 83.8 Å². The number of nitrogens with zero attached hydrogens (tertiary/aromatic N) is 1. The van der Waals surface area contributed by atoms with Gasteiger partial charge in [-0.15, -0.1) is 0 Å². The van der Waals surface area contributed by atoms with E-state index < -0.39 is 17.3 Å². The standard InChI is InChI=1S/C12H11F3N4O/c13-12(14,15)8-3-1-7(2-4-8)5-17-10-9(16)11(20)19-6-18-10/h1-4,6H,5,16H2,(H2,17,18,19,20). The van der Waals surface area contributed by atoms with Gasteiger partial charge in [0.1, 0.15) is 5.69 Å². The number of nitrogens with two attached hydrogens (primary N) is 1. The van der Waals surface area contributed by atoms with Gasteiger partial charge in [0, 0.05) is 6.54 Å². The van der Waals surface area contributed by atoms with Gasteiger partial charge in [-0.25, -0.2) is 4.98 Å². The van der Waals surface area contributed by atoms with Gasteiger partial charge < -0.3 is 16.0 Å². The van der Waals surface area contributed by atoms with Gasteiger partial charge in [-0.05, 0) is 17.7 Å². The molecule has 1 aromatic heterocycles. The molecule has 0 atom stereocenters. The van der Waals surface area contributed by atoms with E-state index in [1.54, 1.807) is 0 Å². The van der Waals surface area contributed by atoms with Crippen LogP contribution in [0.2, 0.25) is 0 Å². The van der Waals surface area contributed by atoms with Gasteiger partial charge in [0.05, 0.1) is 11.9 Å². The van der Waals surface area contributed by atoms with Gasteiger partial charge >= 0.3 is 6.18 Å². The Kier molecular flexibility index (Phi) is 3.64. The zero-order chi connectivity index (χ0) is 14.8. The van der Waals surface area contributed by atoms with E-state index in [9.17, 15) is 18.0 Å². The minimum absolute atomic E-state index is 0.0700. The molecule has 4 N–H and O–H groups in total. The monoisotopic (exact) mass is 284 g/mol. The average Bonchev–Trinajstić information content (AvgIpc) is 2.40. The van der Waals surface area contributed by atoms with Gasteiger partial charge in [0.2, 0.25) is 0 Å². The number of rotatable bonds is 3. The lowest BCUT2D eigenvalue weighted by molar-refractivity contribution is -0.137. The average molecular weight is 284 g/mol. The van der Waals surface area contributed by atoms with E-state index in [1.807, 2.05) is 0 Å². The molecule has 0 aliphatic carbocycles. The summed E-state index contributed by atoms with van der Waals surface area (Å²) < 4.78 is 37.2. The maximum absolute atomic E-state index is 12.4. The third-order valence-electron chi connectivity index (χ3n) is 2.63. The van der Waals surface area contributed by atoms with Crippen molar-refractivity contribution in [3.63, 3.8) is 0 Å². The second-order valence-corrected chi connectivity index (χ2v) is 4.04. The smallest absolute Gasteiger partial charge is 0.391 e. The fourth-order valence-corrected chi connectivity index (χ4v) is 1.55. The lowest BCUT2D eigenvalue weighted by Gasteiger charge is -2.09. The molecular formula is C12H11F3N4O. The quantitative estimate of drug-likeness (QED) is 0.804. The lowest BCUT2D eigenvalue weighted by Crippen LogP contribution is -2.16. The summed E-state index contributed by atoms with van der Waals surface area (Å²) in [5.41, 5.74) is 4.86. The van der Waals surface area contributed by atoms with Crippen LogP contribution < -0.4 is 16.6 Å². The maximum atomic E-state index is 12.4. The molecule has 1 heterocycles. The van der Waals surface area contributed by atoms with E-state index in [1.165, 1.54) is 18.5 Å². The summed E-state index contributed by atoms with van der Waals surface area (Å²) in [6, 6.07) is 4.68. The molecule has 2 rings (SSSR count). The molecule has 0 saturated heterocycles. The Balaban J connectivity index is 2.08. The highest BCUT2D eigenvalue weighted by atomic mass is 19.4. The van der Waals surface area contributed by atoms with E-state index in [0.29, 0.717) is 5.56 Å². The summed E-state index contributed by atoms with van der Waals surface area (Å²) in [6.45, 7) is 0.207. The molecule has 106 valence electrons. The van der Waals surface area contributed by atoms with Crippen molar-refractivity contribution in [1.29, 1.82) is 0 Å². The summed E-state index contributed by atoms with van der Waals surface area (Å²) in [4.78, 5) is 17.4. The molecule has 5 nitrogen and oxygen atoms in total. The molecule has 8 heteroatoms. The van der Waals surface area contributed by atoms with Crippen LogP contribution in [0.1, 0.15) is 11.1 Å². The van der Waals surface area contributed by atoms with Gasteiger partial charge in [-0.1, -0.05) is 12.1 Å². The number of nitrogen functional groups attached to an aromatic ring is 1. The zero-order valence-corrected chi connectivity index (χ0v) is 10.2. The predicted octanol–water partition coefficient (Wildman–Crippen LogP) is 1.98. The van der Waals surface area contributed by atoms with Crippen molar-refractivity contribution in [3.8, 4) is 0 Å². The summed E-state index contributed by atoms with van der Waals surface area (Å²) in [5.74, 6) is 0.189. The van der Waals surface area contributed by atoms with Crippen LogP contribution in [0.15, 0.2) is 35.4 Å². The van der Waals surface area contributed by atoms with Crippen molar-refractivity contribution in [2.45, 2.75) is 12.7 Å². The number of nitrogens with one attached hydrogen (secondary N) is 2. The van der Waals surface area contributed by atoms with Crippen molar-refractivity contribution in [1.82, 2.24) is 9.97 Å². The molecule has 0 amide bonds. The van der Waals surface area contributed by atoms with Gasteiger partial charge in [-0.2, -0.15) is 13.2 Å². The predicted molar refractivity (Wildman–Crippen MR) is 68.0 cm³/mol.